The molecule has 2 heterocycles. The highest BCUT2D eigenvalue weighted by molar-refractivity contribution is 6.05. The minimum absolute atomic E-state index is 0.0554. The molecular weight excluding hydrogens is 480 g/mol. The maximum atomic E-state index is 13.4. The number of para-hydroxylation sites is 1. The summed E-state index contributed by atoms with van der Waals surface area (Å²) in [6.45, 7) is 4.96. The number of ether oxygens (including phenoxy) is 1. The Balaban J connectivity index is 1.43. The zero-order valence-electron chi connectivity index (χ0n) is 21.2. The molecule has 1 aliphatic heterocycles. The topological polar surface area (TPSA) is 171 Å². The van der Waals surface area contributed by atoms with Gasteiger partial charge in [-0.3, -0.25) is 19.3 Å². The highest BCUT2D eigenvalue weighted by Gasteiger charge is 2.44. The van der Waals surface area contributed by atoms with Crippen LogP contribution in [0.5, 0.6) is 0 Å². The van der Waals surface area contributed by atoms with Crippen molar-refractivity contribution < 1.29 is 23.9 Å². The molecule has 1 aliphatic carbocycles. The first-order valence-corrected chi connectivity index (χ1v) is 12.3. The fourth-order valence-corrected chi connectivity index (χ4v) is 4.74. The number of H-pyrrole nitrogens is 1. The van der Waals surface area contributed by atoms with Gasteiger partial charge in [-0.1, -0.05) is 36.3 Å². The second-order valence-electron chi connectivity index (χ2n) is 10.3. The summed E-state index contributed by atoms with van der Waals surface area (Å²) in [5, 5.41) is 21.6. The molecule has 198 valence electrons. The molecule has 1 aromatic heterocycles. The number of hydrogen-bond donors (Lipinski definition) is 4. The van der Waals surface area contributed by atoms with E-state index in [0.717, 1.165) is 18.4 Å². The van der Waals surface area contributed by atoms with Gasteiger partial charge in [-0.2, -0.15) is 5.21 Å². The van der Waals surface area contributed by atoms with Crippen LogP contribution in [0.15, 0.2) is 24.3 Å². The molecule has 13 heteroatoms. The third-order valence-corrected chi connectivity index (χ3v) is 6.39. The summed E-state index contributed by atoms with van der Waals surface area (Å²) >= 11 is 0. The van der Waals surface area contributed by atoms with Crippen molar-refractivity contribution in [3.8, 4) is 0 Å². The smallest absolute Gasteiger partial charge is 0.408 e. The van der Waals surface area contributed by atoms with Gasteiger partial charge in [-0.25, -0.2) is 4.79 Å². The summed E-state index contributed by atoms with van der Waals surface area (Å²) in [4.78, 5) is 53.4. The first kappa shape index (κ1) is 26.0. The van der Waals surface area contributed by atoms with Crippen LogP contribution in [0.4, 0.5) is 10.5 Å². The zero-order valence-corrected chi connectivity index (χ0v) is 21.2. The number of aromatic amines is 1. The molecule has 2 aliphatic rings. The van der Waals surface area contributed by atoms with E-state index < -0.39 is 35.1 Å². The third kappa shape index (κ3) is 6.04. The van der Waals surface area contributed by atoms with Gasteiger partial charge in [-0.05, 0) is 45.2 Å². The van der Waals surface area contributed by atoms with Crippen molar-refractivity contribution in [3.63, 3.8) is 0 Å². The van der Waals surface area contributed by atoms with E-state index in [1.165, 1.54) is 4.90 Å². The standard InChI is InChI=1S/C24H32N8O5/c1-23(2,3)37-22(36)27-24(10-6-7-11-24)21(35)26-14-19(33)32-16-9-5-4-8-15(16)12-17(32)20(34)25-13-18-28-30-31-29-18/h4-5,8-9,17H,6-7,10-14H2,1-3H3,(H,25,34)(H,26,35)(H,27,36)(H,28,29,30,31). The molecule has 1 unspecified atom stereocenters. The van der Waals surface area contributed by atoms with E-state index in [1.807, 2.05) is 12.1 Å². The van der Waals surface area contributed by atoms with Gasteiger partial charge in [0.1, 0.15) is 17.2 Å². The lowest BCUT2D eigenvalue weighted by atomic mass is 9.96. The second-order valence-corrected chi connectivity index (χ2v) is 10.3. The lowest BCUT2D eigenvalue weighted by Crippen LogP contribution is -2.59. The summed E-state index contributed by atoms with van der Waals surface area (Å²) in [6, 6.07) is 6.46. The molecular formula is C24H32N8O5. The van der Waals surface area contributed by atoms with Crippen molar-refractivity contribution in [2.24, 2.45) is 0 Å². The van der Waals surface area contributed by atoms with Gasteiger partial charge in [0, 0.05) is 12.1 Å². The minimum Gasteiger partial charge on any atom is -0.444 e. The number of fused-ring (bicyclic) bond motifs is 1. The molecule has 1 fully saturated rings. The van der Waals surface area contributed by atoms with Gasteiger partial charge >= 0.3 is 6.09 Å². The molecule has 37 heavy (non-hydrogen) atoms. The van der Waals surface area contributed by atoms with Crippen LogP contribution in [0.25, 0.3) is 0 Å². The van der Waals surface area contributed by atoms with E-state index in [2.05, 4.69) is 36.6 Å². The molecule has 0 radical (unpaired) electrons. The summed E-state index contributed by atoms with van der Waals surface area (Å²) in [6.07, 6.45) is 2.07. The lowest BCUT2D eigenvalue weighted by molar-refractivity contribution is -0.130. The summed E-state index contributed by atoms with van der Waals surface area (Å²) in [7, 11) is 0. The maximum Gasteiger partial charge on any atom is 0.408 e. The van der Waals surface area contributed by atoms with E-state index in [9.17, 15) is 19.2 Å². The number of amides is 4. The number of carbonyl (C=O) groups excluding carboxylic acids is 4. The normalized spacial score (nSPS) is 18.1. The van der Waals surface area contributed by atoms with Gasteiger partial charge in [0.2, 0.25) is 17.7 Å². The van der Waals surface area contributed by atoms with E-state index >= 15 is 0 Å². The van der Waals surface area contributed by atoms with Gasteiger partial charge in [0.15, 0.2) is 5.82 Å². The summed E-state index contributed by atoms with van der Waals surface area (Å²) in [5.74, 6) is -0.953. The van der Waals surface area contributed by atoms with Gasteiger partial charge in [-0.15, -0.1) is 10.2 Å². The largest absolute Gasteiger partial charge is 0.444 e. The van der Waals surface area contributed by atoms with Crippen molar-refractivity contribution in [1.29, 1.82) is 0 Å². The molecule has 0 spiro atoms. The van der Waals surface area contributed by atoms with Crippen molar-refractivity contribution in [2.45, 2.75) is 76.6 Å². The zero-order chi connectivity index (χ0) is 26.6. The van der Waals surface area contributed by atoms with Crippen molar-refractivity contribution >= 4 is 29.5 Å². The van der Waals surface area contributed by atoms with Crippen LogP contribution in [0.2, 0.25) is 0 Å². The minimum atomic E-state index is -1.15. The number of benzene rings is 1. The van der Waals surface area contributed by atoms with E-state index in [0.29, 0.717) is 30.8 Å². The van der Waals surface area contributed by atoms with Crippen LogP contribution >= 0.6 is 0 Å². The number of hydrogen-bond acceptors (Lipinski definition) is 8. The molecule has 1 saturated carbocycles. The molecule has 0 bridgehead atoms. The highest BCUT2D eigenvalue weighted by Crippen LogP contribution is 2.33. The van der Waals surface area contributed by atoms with E-state index in [-0.39, 0.29) is 19.0 Å². The number of nitrogens with one attached hydrogen (secondary N) is 4. The number of nitrogens with zero attached hydrogens (tertiary/aromatic N) is 4. The van der Waals surface area contributed by atoms with Crippen LogP contribution in [-0.4, -0.2) is 68.2 Å². The van der Waals surface area contributed by atoms with Gasteiger partial charge < -0.3 is 20.7 Å². The van der Waals surface area contributed by atoms with Crippen LogP contribution in [0, 0.1) is 0 Å². The molecule has 1 atom stereocenters. The van der Waals surface area contributed by atoms with Gasteiger partial charge in [0.05, 0.1) is 13.1 Å². The molecule has 4 rings (SSSR count). The Bertz CT molecular complexity index is 1150. The van der Waals surface area contributed by atoms with E-state index in [4.69, 9.17) is 4.74 Å². The first-order valence-electron chi connectivity index (χ1n) is 12.3. The third-order valence-electron chi connectivity index (χ3n) is 6.39. The molecule has 1 aromatic carbocycles. The average Bonchev–Trinajstić information content (AvgIpc) is 3.59. The SMILES string of the molecule is CC(C)(C)OC(=O)NC1(C(=O)NCC(=O)N2c3ccccc3CC2C(=O)NCc2nn[nH]n2)CCCC1. The predicted octanol–water partition coefficient (Wildman–Crippen LogP) is 0.728. The highest BCUT2D eigenvalue weighted by atomic mass is 16.6. The predicted molar refractivity (Wildman–Crippen MR) is 131 cm³/mol. The Hall–Kier alpha value is -4.03. The Labute approximate surface area is 214 Å². The lowest BCUT2D eigenvalue weighted by Gasteiger charge is -2.31. The van der Waals surface area contributed by atoms with Crippen molar-refractivity contribution in [3.05, 3.63) is 35.7 Å². The Morgan fingerprint density at radius 1 is 1.14 bits per heavy atom. The van der Waals surface area contributed by atoms with Crippen LogP contribution in [0.3, 0.4) is 0 Å². The quantitative estimate of drug-likeness (QED) is 0.420. The Kier molecular flexibility index (Phi) is 7.41. The van der Waals surface area contributed by atoms with Crippen molar-refractivity contribution in [2.75, 3.05) is 11.4 Å². The monoisotopic (exact) mass is 512 g/mol. The number of alkyl carbamates (subject to hydrolysis) is 1. The molecule has 13 nitrogen and oxygen atoms in total. The number of tetrazole rings is 1. The first-order chi connectivity index (χ1) is 17.6. The van der Waals surface area contributed by atoms with Crippen LogP contribution in [0.1, 0.15) is 57.8 Å². The fraction of sp³-hybridized carbons (Fsp3) is 0.542. The molecule has 0 saturated heterocycles. The maximum absolute atomic E-state index is 13.4. The Morgan fingerprint density at radius 2 is 1.86 bits per heavy atom. The second kappa shape index (κ2) is 10.5. The van der Waals surface area contributed by atoms with Gasteiger partial charge in [0.25, 0.3) is 0 Å². The van der Waals surface area contributed by atoms with E-state index in [1.54, 1.807) is 32.9 Å². The molecule has 4 N–H and O–H groups in total. The van der Waals surface area contributed by atoms with Crippen molar-refractivity contribution in [1.82, 2.24) is 36.6 Å². The number of aromatic nitrogens is 4. The molecule has 4 amide bonds. The average molecular weight is 513 g/mol. The summed E-state index contributed by atoms with van der Waals surface area (Å²) in [5.41, 5.74) is -0.393. The fourth-order valence-electron chi connectivity index (χ4n) is 4.74. The van der Waals surface area contributed by atoms with Crippen LogP contribution in [-0.2, 0) is 32.1 Å². The Morgan fingerprint density at radius 3 is 2.54 bits per heavy atom. The number of anilines is 1. The summed E-state index contributed by atoms with van der Waals surface area (Å²) < 4.78 is 5.35. The number of rotatable bonds is 7. The molecule has 2 aromatic rings. The van der Waals surface area contributed by atoms with Crippen LogP contribution < -0.4 is 20.9 Å². The number of carbonyl (C=O) groups is 4.